The smallest absolute Gasteiger partial charge is 0.340 e. The van der Waals surface area contributed by atoms with Gasteiger partial charge in [0.05, 0.1) is 0 Å². The number of aromatic amines is 1. The minimum Gasteiger partial charge on any atom is -0.340 e. The van der Waals surface area contributed by atoms with Gasteiger partial charge in [-0.05, 0) is 32.0 Å². The highest BCUT2D eigenvalue weighted by atomic mass is 16.1. The largest absolute Gasteiger partial charge is 0.347 e. The van der Waals surface area contributed by atoms with E-state index in [4.69, 9.17) is 0 Å². The number of anilines is 2. The first-order valence-corrected chi connectivity index (χ1v) is 6.89. The van der Waals surface area contributed by atoms with Gasteiger partial charge >= 0.3 is 5.69 Å². The fourth-order valence-corrected chi connectivity index (χ4v) is 2.46. The second-order valence-corrected chi connectivity index (χ2v) is 5.09. The van der Waals surface area contributed by atoms with E-state index < -0.39 is 0 Å². The van der Waals surface area contributed by atoms with E-state index in [2.05, 4.69) is 20.6 Å². The lowest BCUT2D eigenvalue weighted by Crippen LogP contribution is -2.18. The van der Waals surface area contributed by atoms with Crippen LogP contribution in [-0.4, -0.2) is 23.1 Å². The third-order valence-corrected chi connectivity index (χ3v) is 3.54. The average molecular weight is 270 g/mol. The molecule has 1 aliphatic heterocycles. The summed E-state index contributed by atoms with van der Waals surface area (Å²) in [7, 11) is 0. The van der Waals surface area contributed by atoms with Gasteiger partial charge in [-0.15, -0.1) is 0 Å². The maximum Gasteiger partial charge on any atom is 0.347 e. The van der Waals surface area contributed by atoms with Crippen LogP contribution in [0.3, 0.4) is 0 Å². The van der Waals surface area contributed by atoms with Gasteiger partial charge in [-0.3, -0.25) is 0 Å². The molecule has 0 saturated carbocycles. The van der Waals surface area contributed by atoms with Crippen LogP contribution in [0.5, 0.6) is 0 Å². The van der Waals surface area contributed by atoms with E-state index in [1.54, 1.807) is 0 Å². The number of hydrogen-bond acceptors (Lipinski definition) is 4. The normalized spacial score (nSPS) is 14.4. The fourth-order valence-electron chi connectivity index (χ4n) is 2.46. The molecular formula is C15H18N4O. The van der Waals surface area contributed by atoms with Crippen molar-refractivity contribution in [2.24, 2.45) is 0 Å². The van der Waals surface area contributed by atoms with Crippen LogP contribution in [0.1, 0.15) is 16.8 Å². The van der Waals surface area contributed by atoms with Crippen LogP contribution in [0, 0.1) is 6.92 Å². The molecule has 5 nitrogen and oxygen atoms in total. The van der Waals surface area contributed by atoms with Gasteiger partial charge in [-0.25, -0.2) is 4.79 Å². The Balaban J connectivity index is 1.98. The van der Waals surface area contributed by atoms with Crippen molar-refractivity contribution in [3.63, 3.8) is 0 Å². The Morgan fingerprint density at radius 1 is 1.15 bits per heavy atom. The fraction of sp³-hybridized carbons (Fsp3) is 0.333. The number of rotatable bonds is 2. The molecule has 20 heavy (non-hydrogen) atoms. The standard InChI is InChI=1S/C15H18N4O/c1-10-2-4-11(5-3-10)17-14-12-6-8-16-9-7-13(12)18-15(20)19-14/h2-5,16H,6-9H2,1H3,(H2,17,18,19,20). The van der Waals surface area contributed by atoms with Crippen molar-refractivity contribution in [2.45, 2.75) is 19.8 Å². The van der Waals surface area contributed by atoms with Gasteiger partial charge in [-0.1, -0.05) is 17.7 Å². The number of hydrogen-bond donors (Lipinski definition) is 3. The summed E-state index contributed by atoms with van der Waals surface area (Å²) >= 11 is 0. The summed E-state index contributed by atoms with van der Waals surface area (Å²) < 4.78 is 0. The second kappa shape index (κ2) is 5.46. The Labute approximate surface area is 117 Å². The summed E-state index contributed by atoms with van der Waals surface area (Å²) in [5.74, 6) is 0.677. The quantitative estimate of drug-likeness (QED) is 0.773. The van der Waals surface area contributed by atoms with Crippen molar-refractivity contribution >= 4 is 11.5 Å². The molecule has 2 heterocycles. The Kier molecular flexibility index (Phi) is 3.52. The zero-order valence-corrected chi connectivity index (χ0v) is 11.5. The van der Waals surface area contributed by atoms with E-state index in [-0.39, 0.29) is 5.69 Å². The lowest BCUT2D eigenvalue weighted by molar-refractivity contribution is 0.708. The van der Waals surface area contributed by atoms with Crippen molar-refractivity contribution < 1.29 is 0 Å². The molecule has 2 aromatic rings. The number of aromatic nitrogens is 2. The minimum atomic E-state index is -0.291. The first-order chi connectivity index (χ1) is 9.72. The SMILES string of the molecule is Cc1ccc(Nc2nc(=O)[nH]c3c2CCNCC3)cc1. The van der Waals surface area contributed by atoms with E-state index in [9.17, 15) is 4.79 Å². The van der Waals surface area contributed by atoms with Gasteiger partial charge < -0.3 is 15.6 Å². The summed E-state index contributed by atoms with van der Waals surface area (Å²) in [5, 5.41) is 6.60. The molecule has 1 aliphatic rings. The molecule has 0 aliphatic carbocycles. The number of benzene rings is 1. The molecule has 0 spiro atoms. The van der Waals surface area contributed by atoms with E-state index in [0.29, 0.717) is 5.82 Å². The van der Waals surface area contributed by atoms with Gasteiger partial charge in [0.15, 0.2) is 0 Å². The molecule has 0 amide bonds. The van der Waals surface area contributed by atoms with Crippen LogP contribution in [0.25, 0.3) is 0 Å². The Bertz CT molecular complexity index is 661. The molecule has 0 saturated heterocycles. The molecule has 0 unspecified atom stereocenters. The molecule has 0 atom stereocenters. The highest BCUT2D eigenvalue weighted by molar-refractivity contribution is 5.60. The number of fused-ring (bicyclic) bond motifs is 1. The van der Waals surface area contributed by atoms with E-state index in [1.165, 1.54) is 5.56 Å². The van der Waals surface area contributed by atoms with Crippen molar-refractivity contribution in [3.8, 4) is 0 Å². The van der Waals surface area contributed by atoms with Crippen LogP contribution in [0.2, 0.25) is 0 Å². The maximum atomic E-state index is 11.7. The van der Waals surface area contributed by atoms with E-state index in [1.807, 2.05) is 31.2 Å². The number of H-pyrrole nitrogens is 1. The number of nitrogens with zero attached hydrogens (tertiary/aromatic N) is 1. The van der Waals surface area contributed by atoms with Crippen LogP contribution in [0.4, 0.5) is 11.5 Å². The van der Waals surface area contributed by atoms with Crippen molar-refractivity contribution in [2.75, 3.05) is 18.4 Å². The third kappa shape index (κ3) is 2.72. The third-order valence-electron chi connectivity index (χ3n) is 3.54. The summed E-state index contributed by atoms with van der Waals surface area (Å²) in [5.41, 5.74) is 3.96. The Morgan fingerprint density at radius 3 is 2.70 bits per heavy atom. The first-order valence-electron chi connectivity index (χ1n) is 6.89. The van der Waals surface area contributed by atoms with Crippen molar-refractivity contribution in [1.29, 1.82) is 0 Å². The summed E-state index contributed by atoms with van der Waals surface area (Å²) in [4.78, 5) is 18.6. The lowest BCUT2D eigenvalue weighted by Gasteiger charge is -2.12. The molecular weight excluding hydrogens is 252 g/mol. The molecule has 3 rings (SSSR count). The van der Waals surface area contributed by atoms with Crippen LogP contribution in [0.15, 0.2) is 29.1 Å². The average Bonchev–Trinajstić information content (AvgIpc) is 2.66. The van der Waals surface area contributed by atoms with Crippen molar-refractivity contribution in [1.82, 2.24) is 15.3 Å². The summed E-state index contributed by atoms with van der Waals surface area (Å²) in [6.45, 7) is 3.84. The summed E-state index contributed by atoms with van der Waals surface area (Å²) in [6, 6.07) is 8.07. The molecule has 1 aromatic carbocycles. The molecule has 104 valence electrons. The number of aryl methyl sites for hydroxylation is 1. The highest BCUT2D eigenvalue weighted by Gasteiger charge is 2.14. The van der Waals surface area contributed by atoms with Crippen LogP contribution >= 0.6 is 0 Å². The summed E-state index contributed by atoms with van der Waals surface area (Å²) in [6.07, 6.45) is 1.70. The van der Waals surface area contributed by atoms with Gasteiger partial charge in [-0.2, -0.15) is 4.98 Å². The Morgan fingerprint density at radius 2 is 1.90 bits per heavy atom. The van der Waals surface area contributed by atoms with Gasteiger partial charge in [0.2, 0.25) is 0 Å². The van der Waals surface area contributed by atoms with E-state index >= 15 is 0 Å². The molecule has 0 radical (unpaired) electrons. The zero-order chi connectivity index (χ0) is 13.9. The molecule has 0 bridgehead atoms. The number of nitrogens with one attached hydrogen (secondary N) is 3. The second-order valence-electron chi connectivity index (χ2n) is 5.09. The maximum absolute atomic E-state index is 11.7. The predicted octanol–water partition coefficient (Wildman–Crippen LogP) is 1.51. The van der Waals surface area contributed by atoms with Gasteiger partial charge in [0.25, 0.3) is 0 Å². The molecule has 1 aromatic heterocycles. The molecule has 5 heteroatoms. The lowest BCUT2D eigenvalue weighted by atomic mass is 10.1. The van der Waals surface area contributed by atoms with Gasteiger partial charge in [0, 0.05) is 29.9 Å². The topological polar surface area (TPSA) is 69.8 Å². The van der Waals surface area contributed by atoms with Crippen LogP contribution in [-0.2, 0) is 12.8 Å². The van der Waals surface area contributed by atoms with E-state index in [0.717, 1.165) is 42.9 Å². The van der Waals surface area contributed by atoms with Gasteiger partial charge in [0.1, 0.15) is 5.82 Å². The predicted molar refractivity (Wildman–Crippen MR) is 79.6 cm³/mol. The molecule has 3 N–H and O–H groups in total. The monoisotopic (exact) mass is 270 g/mol. The zero-order valence-electron chi connectivity index (χ0n) is 11.5. The Hall–Kier alpha value is -2.14. The van der Waals surface area contributed by atoms with Crippen LogP contribution < -0.4 is 16.3 Å². The molecule has 0 fully saturated rings. The van der Waals surface area contributed by atoms with Crippen molar-refractivity contribution in [3.05, 3.63) is 51.6 Å². The highest BCUT2D eigenvalue weighted by Crippen LogP contribution is 2.21. The minimum absolute atomic E-state index is 0.291. The first kappa shape index (κ1) is 12.9.